The lowest BCUT2D eigenvalue weighted by atomic mass is 9.84. The lowest BCUT2D eigenvalue weighted by Gasteiger charge is -2.20. The Hall–Kier alpha value is -1.57. The highest BCUT2D eigenvalue weighted by atomic mass is 16.4. The summed E-state index contributed by atoms with van der Waals surface area (Å²) in [5.74, 6) is -0.997. The van der Waals surface area contributed by atoms with Gasteiger partial charge in [-0.25, -0.2) is 0 Å². The first-order valence-electron chi connectivity index (χ1n) is 6.43. The third-order valence-corrected chi connectivity index (χ3v) is 3.17. The Morgan fingerprint density at radius 3 is 2.39 bits per heavy atom. The Kier molecular flexibility index (Phi) is 5.63. The topological polar surface area (TPSA) is 37.3 Å². The van der Waals surface area contributed by atoms with Crippen molar-refractivity contribution in [1.29, 1.82) is 0 Å². The second kappa shape index (κ2) is 7.00. The van der Waals surface area contributed by atoms with Gasteiger partial charge in [0.25, 0.3) is 0 Å². The zero-order valence-electron chi connectivity index (χ0n) is 11.4. The lowest BCUT2D eigenvalue weighted by Crippen LogP contribution is -2.19. The molecule has 1 aromatic rings. The minimum absolute atomic E-state index is 0.139. The first-order chi connectivity index (χ1) is 8.52. The minimum Gasteiger partial charge on any atom is -0.481 e. The van der Waals surface area contributed by atoms with Crippen LogP contribution in [0.1, 0.15) is 45.1 Å². The summed E-state index contributed by atoms with van der Waals surface area (Å²) in [5.41, 5.74) is 2.18. The van der Waals surface area contributed by atoms with Crippen LogP contribution >= 0.6 is 0 Å². The second-order valence-electron chi connectivity index (χ2n) is 5.06. The smallest absolute Gasteiger partial charge is 0.311 e. The summed E-state index contributed by atoms with van der Waals surface area (Å²) in [4.78, 5) is 11.4. The van der Waals surface area contributed by atoms with Crippen LogP contribution in [0.3, 0.4) is 0 Å². The average molecular weight is 246 g/mol. The predicted octanol–water partition coefficient (Wildman–Crippen LogP) is 4.24. The van der Waals surface area contributed by atoms with Gasteiger partial charge in [-0.2, -0.15) is 0 Å². The van der Waals surface area contributed by atoms with Crippen molar-refractivity contribution < 1.29 is 9.90 Å². The molecule has 1 rings (SSSR count). The van der Waals surface area contributed by atoms with Crippen LogP contribution in [0.15, 0.2) is 42.0 Å². The van der Waals surface area contributed by atoms with Gasteiger partial charge >= 0.3 is 5.97 Å². The summed E-state index contributed by atoms with van der Waals surface area (Å²) in [7, 11) is 0. The normalized spacial score (nSPS) is 13.7. The van der Waals surface area contributed by atoms with E-state index in [4.69, 9.17) is 0 Å². The van der Waals surface area contributed by atoms with Crippen LogP contribution in [0.25, 0.3) is 0 Å². The number of carboxylic acid groups (broad SMARTS) is 1. The van der Waals surface area contributed by atoms with E-state index in [9.17, 15) is 9.90 Å². The maximum absolute atomic E-state index is 11.4. The monoisotopic (exact) mass is 246 g/mol. The standard InChI is InChI=1S/C16H22O2/c1-12(2)8-7-9-13(3)15(16(17)18)14-10-5-4-6-11-14/h4-6,8,10-11,13,15H,7,9H2,1-3H3,(H,17,18). The van der Waals surface area contributed by atoms with Crippen LogP contribution in [0.4, 0.5) is 0 Å². The van der Waals surface area contributed by atoms with E-state index < -0.39 is 11.9 Å². The molecular formula is C16H22O2. The van der Waals surface area contributed by atoms with Crippen LogP contribution in [0.2, 0.25) is 0 Å². The van der Waals surface area contributed by atoms with Crippen molar-refractivity contribution in [3.8, 4) is 0 Å². The van der Waals surface area contributed by atoms with Crippen LogP contribution in [-0.2, 0) is 4.79 Å². The van der Waals surface area contributed by atoms with E-state index in [0.717, 1.165) is 18.4 Å². The molecule has 0 saturated heterocycles. The number of carboxylic acids is 1. The molecule has 0 aliphatic heterocycles. The van der Waals surface area contributed by atoms with Gasteiger partial charge < -0.3 is 5.11 Å². The highest BCUT2D eigenvalue weighted by Crippen LogP contribution is 2.28. The number of benzene rings is 1. The fourth-order valence-corrected chi connectivity index (χ4v) is 2.18. The van der Waals surface area contributed by atoms with Crippen molar-refractivity contribution in [3.63, 3.8) is 0 Å². The summed E-state index contributed by atoms with van der Waals surface area (Å²) in [5, 5.41) is 9.39. The van der Waals surface area contributed by atoms with Gasteiger partial charge in [0, 0.05) is 0 Å². The molecule has 98 valence electrons. The lowest BCUT2D eigenvalue weighted by molar-refractivity contribution is -0.140. The van der Waals surface area contributed by atoms with Crippen LogP contribution in [0.5, 0.6) is 0 Å². The number of rotatable bonds is 6. The van der Waals surface area contributed by atoms with Crippen molar-refractivity contribution in [1.82, 2.24) is 0 Å². The number of hydrogen-bond acceptors (Lipinski definition) is 1. The van der Waals surface area contributed by atoms with E-state index in [-0.39, 0.29) is 5.92 Å². The van der Waals surface area contributed by atoms with Gasteiger partial charge in [-0.1, -0.05) is 48.9 Å². The van der Waals surface area contributed by atoms with E-state index in [1.165, 1.54) is 5.57 Å². The van der Waals surface area contributed by atoms with Gasteiger partial charge in [0.05, 0.1) is 5.92 Å². The Labute approximate surface area is 109 Å². The van der Waals surface area contributed by atoms with Gasteiger partial charge in [-0.15, -0.1) is 0 Å². The van der Waals surface area contributed by atoms with Crippen LogP contribution in [0, 0.1) is 5.92 Å². The van der Waals surface area contributed by atoms with Crippen molar-refractivity contribution in [2.45, 2.75) is 39.5 Å². The highest BCUT2D eigenvalue weighted by molar-refractivity contribution is 5.76. The van der Waals surface area contributed by atoms with Crippen molar-refractivity contribution >= 4 is 5.97 Å². The van der Waals surface area contributed by atoms with Gasteiger partial charge in [0.2, 0.25) is 0 Å². The Morgan fingerprint density at radius 1 is 1.28 bits per heavy atom. The van der Waals surface area contributed by atoms with Crippen molar-refractivity contribution in [2.75, 3.05) is 0 Å². The van der Waals surface area contributed by atoms with E-state index in [2.05, 4.69) is 19.9 Å². The number of aliphatic carboxylic acids is 1. The summed E-state index contributed by atoms with van der Waals surface area (Å²) in [6.45, 7) is 6.15. The third-order valence-electron chi connectivity index (χ3n) is 3.17. The molecule has 1 aromatic carbocycles. The Balaban J connectivity index is 2.74. The molecule has 0 saturated carbocycles. The molecule has 0 aromatic heterocycles. The quantitative estimate of drug-likeness (QED) is 0.762. The van der Waals surface area contributed by atoms with Gasteiger partial charge in [-0.3, -0.25) is 4.79 Å². The second-order valence-corrected chi connectivity index (χ2v) is 5.06. The van der Waals surface area contributed by atoms with E-state index in [1.807, 2.05) is 37.3 Å². The van der Waals surface area contributed by atoms with Gasteiger partial charge in [-0.05, 0) is 38.2 Å². The number of hydrogen-bond donors (Lipinski definition) is 1. The Morgan fingerprint density at radius 2 is 1.89 bits per heavy atom. The SMILES string of the molecule is CC(C)=CCCC(C)C(C(=O)O)c1ccccc1. The number of carbonyl (C=O) groups is 1. The summed E-state index contributed by atoms with van der Waals surface area (Å²) in [6.07, 6.45) is 4.01. The average Bonchev–Trinajstić information content (AvgIpc) is 2.29. The minimum atomic E-state index is -0.731. The molecule has 2 atom stereocenters. The van der Waals surface area contributed by atoms with Crippen LogP contribution < -0.4 is 0 Å². The molecule has 0 heterocycles. The molecule has 2 unspecified atom stereocenters. The fraction of sp³-hybridized carbons (Fsp3) is 0.438. The molecule has 18 heavy (non-hydrogen) atoms. The zero-order chi connectivity index (χ0) is 13.5. The summed E-state index contributed by atoms with van der Waals surface area (Å²) in [6, 6.07) is 9.50. The van der Waals surface area contributed by atoms with Crippen LogP contribution in [-0.4, -0.2) is 11.1 Å². The molecule has 0 amide bonds. The fourth-order valence-electron chi connectivity index (χ4n) is 2.18. The third kappa shape index (κ3) is 4.36. The Bertz CT molecular complexity index is 402. The molecule has 0 aliphatic rings. The van der Waals surface area contributed by atoms with Gasteiger partial charge in [0.15, 0.2) is 0 Å². The van der Waals surface area contributed by atoms with Crippen molar-refractivity contribution in [3.05, 3.63) is 47.5 Å². The maximum atomic E-state index is 11.4. The largest absolute Gasteiger partial charge is 0.481 e. The van der Waals surface area contributed by atoms with E-state index in [0.29, 0.717) is 0 Å². The predicted molar refractivity (Wildman–Crippen MR) is 74.6 cm³/mol. The summed E-state index contributed by atoms with van der Waals surface area (Å²) < 4.78 is 0. The van der Waals surface area contributed by atoms with Crippen molar-refractivity contribution in [2.24, 2.45) is 5.92 Å². The molecule has 1 N–H and O–H groups in total. The molecule has 2 heteroatoms. The number of allylic oxidation sites excluding steroid dienone is 2. The molecule has 0 radical (unpaired) electrons. The zero-order valence-corrected chi connectivity index (χ0v) is 11.4. The molecule has 0 spiro atoms. The molecule has 0 bridgehead atoms. The highest BCUT2D eigenvalue weighted by Gasteiger charge is 2.25. The first-order valence-corrected chi connectivity index (χ1v) is 6.43. The molecule has 0 aliphatic carbocycles. The molecule has 0 fully saturated rings. The molecule has 2 nitrogen and oxygen atoms in total. The van der Waals surface area contributed by atoms with E-state index in [1.54, 1.807) is 0 Å². The summed E-state index contributed by atoms with van der Waals surface area (Å²) >= 11 is 0. The molecular weight excluding hydrogens is 224 g/mol. The first kappa shape index (κ1) is 14.5. The van der Waals surface area contributed by atoms with Gasteiger partial charge in [0.1, 0.15) is 0 Å². The van der Waals surface area contributed by atoms with E-state index >= 15 is 0 Å². The maximum Gasteiger partial charge on any atom is 0.311 e.